The van der Waals surface area contributed by atoms with E-state index >= 15 is 0 Å². The first-order chi connectivity index (χ1) is 8.57. The van der Waals surface area contributed by atoms with Gasteiger partial charge in [0.05, 0.1) is 0 Å². The molecule has 2 atom stereocenters. The molecule has 3 aliphatic carbocycles. The van der Waals surface area contributed by atoms with Crippen LogP contribution in [0, 0.1) is 17.3 Å². The smallest absolute Gasteiger partial charge is 0.0196 e. The van der Waals surface area contributed by atoms with Crippen molar-refractivity contribution in [1.82, 2.24) is 9.80 Å². The zero-order valence-corrected chi connectivity index (χ0v) is 12.3. The quantitative estimate of drug-likeness (QED) is 0.693. The van der Waals surface area contributed by atoms with E-state index < -0.39 is 0 Å². The molecule has 1 saturated carbocycles. The van der Waals surface area contributed by atoms with Gasteiger partial charge in [-0.25, -0.2) is 0 Å². The fraction of sp³-hybridized carbons (Fsp3) is 0.875. The molecule has 0 amide bonds. The molecule has 4 rings (SSSR count). The first-order valence-electron chi connectivity index (χ1n) is 7.67. The van der Waals surface area contributed by atoms with Crippen LogP contribution in [0.1, 0.15) is 33.1 Å². The Balaban J connectivity index is 1.61. The van der Waals surface area contributed by atoms with E-state index in [2.05, 4.69) is 36.8 Å². The van der Waals surface area contributed by atoms with Gasteiger partial charge >= 0.3 is 0 Å². The highest BCUT2D eigenvalue weighted by Gasteiger charge is 2.51. The van der Waals surface area contributed by atoms with Crippen molar-refractivity contribution >= 4 is 0 Å². The molecule has 0 aromatic rings. The van der Waals surface area contributed by atoms with Crippen LogP contribution in [0.25, 0.3) is 0 Å². The summed E-state index contributed by atoms with van der Waals surface area (Å²) in [5, 5.41) is 0. The maximum absolute atomic E-state index is 2.68. The Morgan fingerprint density at radius 2 is 2.06 bits per heavy atom. The van der Waals surface area contributed by atoms with Crippen LogP contribution in [-0.2, 0) is 0 Å². The molecule has 18 heavy (non-hydrogen) atoms. The number of hydrogen-bond acceptors (Lipinski definition) is 2. The van der Waals surface area contributed by atoms with Crippen LogP contribution in [0.15, 0.2) is 11.6 Å². The van der Waals surface area contributed by atoms with Crippen molar-refractivity contribution in [3.8, 4) is 0 Å². The Morgan fingerprint density at radius 3 is 2.78 bits per heavy atom. The average Bonchev–Trinajstić information content (AvgIpc) is 2.54. The van der Waals surface area contributed by atoms with E-state index in [-0.39, 0.29) is 0 Å². The SMILES string of the molecule is CN1CCCN(CC2=CC[C@H]3C[C@@H]2C3(C)C)CC1. The summed E-state index contributed by atoms with van der Waals surface area (Å²) in [6.45, 7) is 11.3. The zero-order chi connectivity index (χ0) is 12.8. The van der Waals surface area contributed by atoms with Gasteiger partial charge in [-0.1, -0.05) is 25.5 Å². The zero-order valence-electron chi connectivity index (χ0n) is 12.3. The Bertz CT molecular complexity index is 345. The normalized spacial score (nSPS) is 36.7. The Morgan fingerprint density at radius 1 is 1.22 bits per heavy atom. The first-order valence-corrected chi connectivity index (χ1v) is 7.67. The molecule has 2 bridgehead atoms. The summed E-state index contributed by atoms with van der Waals surface area (Å²) >= 11 is 0. The van der Waals surface area contributed by atoms with E-state index in [0.717, 1.165) is 11.8 Å². The lowest BCUT2D eigenvalue weighted by Gasteiger charge is -2.57. The van der Waals surface area contributed by atoms with Crippen molar-refractivity contribution in [2.45, 2.75) is 33.1 Å². The minimum absolute atomic E-state index is 0.590. The van der Waals surface area contributed by atoms with Crippen molar-refractivity contribution in [3.05, 3.63) is 11.6 Å². The first kappa shape index (κ1) is 12.7. The summed E-state index contributed by atoms with van der Waals surface area (Å²) in [6, 6.07) is 0. The standard InChI is InChI=1S/C16H28N2/c1-16(2)14-6-5-13(15(16)11-14)12-18-8-4-7-17(3)9-10-18/h5,14-15H,4,6-12H2,1-3H3/t14-,15-/m0/s1. The maximum Gasteiger partial charge on any atom is 0.0196 e. The molecule has 0 aromatic carbocycles. The van der Waals surface area contributed by atoms with Crippen LogP contribution in [0.2, 0.25) is 0 Å². The molecule has 2 nitrogen and oxygen atoms in total. The van der Waals surface area contributed by atoms with Crippen LogP contribution >= 0.6 is 0 Å². The molecule has 1 heterocycles. The number of rotatable bonds is 2. The van der Waals surface area contributed by atoms with Crippen LogP contribution in [-0.4, -0.2) is 49.6 Å². The van der Waals surface area contributed by atoms with Gasteiger partial charge in [0.15, 0.2) is 0 Å². The molecule has 1 saturated heterocycles. The van der Waals surface area contributed by atoms with Gasteiger partial charge in [0.25, 0.3) is 0 Å². The number of hydrogen-bond donors (Lipinski definition) is 0. The lowest BCUT2D eigenvalue weighted by molar-refractivity contribution is -0.0105. The predicted octanol–water partition coefficient (Wildman–Crippen LogP) is 2.62. The minimum Gasteiger partial charge on any atom is -0.305 e. The third-order valence-corrected chi connectivity index (χ3v) is 5.80. The Kier molecular flexibility index (Phi) is 3.27. The number of nitrogens with zero attached hydrogens (tertiary/aromatic N) is 2. The molecule has 0 aromatic heterocycles. The van der Waals surface area contributed by atoms with Gasteiger partial charge in [0.2, 0.25) is 0 Å². The van der Waals surface area contributed by atoms with Gasteiger partial charge in [-0.05, 0) is 56.7 Å². The minimum atomic E-state index is 0.590. The number of fused-ring (bicyclic) bond motifs is 1. The molecule has 1 aliphatic heterocycles. The maximum atomic E-state index is 2.68. The lowest BCUT2D eigenvalue weighted by atomic mass is 9.49. The molecular formula is C16H28N2. The number of allylic oxidation sites excluding steroid dienone is 1. The molecule has 2 fully saturated rings. The molecule has 0 N–H and O–H groups in total. The third-order valence-electron chi connectivity index (χ3n) is 5.80. The Labute approximate surface area is 112 Å². The van der Waals surface area contributed by atoms with Crippen molar-refractivity contribution in [3.63, 3.8) is 0 Å². The summed E-state index contributed by atoms with van der Waals surface area (Å²) in [5.41, 5.74) is 2.35. The second-order valence-electron chi connectivity index (χ2n) is 7.25. The molecule has 4 aliphatic rings. The van der Waals surface area contributed by atoms with E-state index in [1.165, 1.54) is 52.0 Å². The fourth-order valence-electron chi connectivity index (χ4n) is 4.17. The van der Waals surface area contributed by atoms with Gasteiger partial charge in [-0.15, -0.1) is 0 Å². The van der Waals surface area contributed by atoms with Crippen molar-refractivity contribution in [2.75, 3.05) is 39.8 Å². The highest BCUT2D eigenvalue weighted by Crippen LogP contribution is 2.59. The van der Waals surface area contributed by atoms with Gasteiger partial charge in [0, 0.05) is 19.6 Å². The summed E-state index contributed by atoms with van der Waals surface area (Å²) < 4.78 is 0. The van der Waals surface area contributed by atoms with Crippen LogP contribution in [0.5, 0.6) is 0 Å². The monoisotopic (exact) mass is 248 g/mol. The third kappa shape index (κ3) is 2.14. The van der Waals surface area contributed by atoms with Crippen LogP contribution in [0.3, 0.4) is 0 Å². The molecular weight excluding hydrogens is 220 g/mol. The summed E-state index contributed by atoms with van der Waals surface area (Å²) in [5.74, 6) is 1.86. The lowest BCUT2D eigenvalue weighted by Crippen LogP contribution is -2.50. The van der Waals surface area contributed by atoms with Gasteiger partial charge < -0.3 is 4.90 Å². The summed E-state index contributed by atoms with van der Waals surface area (Å²) in [6.07, 6.45) is 6.71. The van der Waals surface area contributed by atoms with Crippen molar-refractivity contribution < 1.29 is 0 Å². The topological polar surface area (TPSA) is 6.48 Å². The van der Waals surface area contributed by atoms with Gasteiger partial charge in [0.1, 0.15) is 0 Å². The van der Waals surface area contributed by atoms with Crippen molar-refractivity contribution in [1.29, 1.82) is 0 Å². The largest absolute Gasteiger partial charge is 0.305 e. The second kappa shape index (κ2) is 4.64. The van der Waals surface area contributed by atoms with Crippen LogP contribution in [0.4, 0.5) is 0 Å². The predicted molar refractivity (Wildman–Crippen MR) is 76.6 cm³/mol. The fourth-order valence-corrected chi connectivity index (χ4v) is 4.17. The summed E-state index contributed by atoms with van der Waals surface area (Å²) in [7, 11) is 2.25. The molecule has 0 spiro atoms. The number of likely N-dealkylation sites (N-methyl/N-ethyl adjacent to an activating group) is 1. The van der Waals surface area contributed by atoms with E-state index in [0.29, 0.717) is 5.41 Å². The highest BCUT2D eigenvalue weighted by atomic mass is 15.2. The van der Waals surface area contributed by atoms with Crippen LogP contribution < -0.4 is 0 Å². The second-order valence-corrected chi connectivity index (χ2v) is 7.25. The van der Waals surface area contributed by atoms with Gasteiger partial charge in [-0.3, -0.25) is 4.90 Å². The van der Waals surface area contributed by atoms with E-state index in [4.69, 9.17) is 0 Å². The van der Waals surface area contributed by atoms with E-state index in [1.807, 2.05) is 0 Å². The van der Waals surface area contributed by atoms with E-state index in [1.54, 1.807) is 5.57 Å². The summed E-state index contributed by atoms with van der Waals surface area (Å²) in [4.78, 5) is 5.16. The van der Waals surface area contributed by atoms with Gasteiger partial charge in [-0.2, -0.15) is 0 Å². The van der Waals surface area contributed by atoms with Crippen molar-refractivity contribution in [2.24, 2.45) is 17.3 Å². The van der Waals surface area contributed by atoms with E-state index in [9.17, 15) is 0 Å². The Hall–Kier alpha value is -0.340. The average molecular weight is 248 g/mol. The molecule has 2 heteroatoms. The highest BCUT2D eigenvalue weighted by molar-refractivity contribution is 5.24. The molecule has 102 valence electrons. The molecule has 0 unspecified atom stereocenters. The molecule has 0 radical (unpaired) electrons.